The summed E-state index contributed by atoms with van der Waals surface area (Å²) in [4.78, 5) is 24.0. The predicted octanol–water partition coefficient (Wildman–Crippen LogP) is 6.77. The highest BCUT2D eigenvalue weighted by Crippen LogP contribution is 2.13. The first kappa shape index (κ1) is 32.5. The summed E-state index contributed by atoms with van der Waals surface area (Å²) in [7, 11) is 0. The minimum absolute atomic E-state index is 0.0794. The van der Waals surface area contributed by atoms with Crippen LogP contribution in [-0.4, -0.2) is 37.5 Å². The largest absolute Gasteiger partial charge is 0.494 e. The summed E-state index contributed by atoms with van der Waals surface area (Å²) in [6.07, 6.45) is 14.2. The molecule has 0 unspecified atom stereocenters. The average Bonchev–Trinajstić information content (AvgIpc) is 2.96. The summed E-state index contributed by atoms with van der Waals surface area (Å²) >= 11 is 0. The number of nitrogens with zero attached hydrogens (tertiary/aromatic N) is 2. The van der Waals surface area contributed by atoms with Crippen molar-refractivity contribution in [1.82, 2.24) is 10.9 Å². The monoisotopic (exact) mass is 550 g/mol. The van der Waals surface area contributed by atoms with Gasteiger partial charge in [0.1, 0.15) is 11.5 Å². The maximum absolute atomic E-state index is 12.0. The molecule has 0 fully saturated rings. The number of hydrogen-bond donors (Lipinski definition) is 2. The van der Waals surface area contributed by atoms with Crippen LogP contribution in [0.5, 0.6) is 11.5 Å². The van der Waals surface area contributed by atoms with Crippen LogP contribution in [0.25, 0.3) is 0 Å². The van der Waals surface area contributed by atoms with Gasteiger partial charge in [0.05, 0.1) is 25.6 Å². The van der Waals surface area contributed by atoms with Crippen LogP contribution < -0.4 is 20.3 Å². The normalized spacial score (nSPS) is 11.2. The van der Waals surface area contributed by atoms with Crippen molar-refractivity contribution < 1.29 is 19.1 Å². The highest BCUT2D eigenvalue weighted by atomic mass is 16.5. The second-order valence-corrected chi connectivity index (χ2v) is 9.75. The first-order valence-electron chi connectivity index (χ1n) is 14.7. The summed E-state index contributed by atoms with van der Waals surface area (Å²) in [5, 5.41) is 8.08. The number of unbranched alkanes of at least 4 members (excludes halogenated alkanes) is 7. The van der Waals surface area contributed by atoms with Crippen molar-refractivity contribution in [3.8, 4) is 11.5 Å². The number of nitrogens with one attached hydrogen (secondary N) is 2. The van der Waals surface area contributed by atoms with Crippen LogP contribution in [0.15, 0.2) is 58.7 Å². The number of carbonyl (C=O) groups excluding carboxylic acids is 2. The maximum Gasteiger partial charge on any atom is 0.240 e. The Hall–Kier alpha value is -3.68. The van der Waals surface area contributed by atoms with Gasteiger partial charge in [-0.3, -0.25) is 9.59 Å². The fourth-order valence-electron chi connectivity index (χ4n) is 3.72. The molecule has 0 heterocycles. The summed E-state index contributed by atoms with van der Waals surface area (Å²) in [5.74, 6) is 1.52. The van der Waals surface area contributed by atoms with Gasteiger partial charge in [0.15, 0.2) is 0 Å². The summed E-state index contributed by atoms with van der Waals surface area (Å²) in [5.41, 5.74) is 6.98. The van der Waals surface area contributed by atoms with Gasteiger partial charge in [-0.25, -0.2) is 10.9 Å². The Kier molecular flexibility index (Phi) is 17.2. The predicted molar refractivity (Wildman–Crippen MR) is 162 cm³/mol. The Bertz CT molecular complexity index is 937. The van der Waals surface area contributed by atoms with Gasteiger partial charge in [0, 0.05) is 12.8 Å². The zero-order valence-electron chi connectivity index (χ0n) is 24.2. The Labute approximate surface area is 239 Å². The Balaban J connectivity index is 1.45. The van der Waals surface area contributed by atoms with Gasteiger partial charge < -0.3 is 9.47 Å². The van der Waals surface area contributed by atoms with Crippen LogP contribution in [0.1, 0.15) is 102 Å². The number of rotatable bonds is 21. The lowest BCUT2D eigenvalue weighted by atomic mass is 10.1. The molecule has 0 radical (unpaired) electrons. The Morgan fingerprint density at radius 1 is 0.600 bits per heavy atom. The average molecular weight is 551 g/mol. The van der Waals surface area contributed by atoms with E-state index < -0.39 is 0 Å². The Morgan fingerprint density at radius 2 is 0.975 bits per heavy atom. The van der Waals surface area contributed by atoms with E-state index in [0.717, 1.165) is 100 Å². The van der Waals surface area contributed by atoms with Crippen LogP contribution in [0.2, 0.25) is 0 Å². The van der Waals surface area contributed by atoms with Gasteiger partial charge in [0.25, 0.3) is 0 Å². The molecule has 0 aliphatic carbocycles. The van der Waals surface area contributed by atoms with E-state index in [-0.39, 0.29) is 11.8 Å². The lowest BCUT2D eigenvalue weighted by Crippen LogP contribution is -2.17. The van der Waals surface area contributed by atoms with Gasteiger partial charge in [-0.2, -0.15) is 10.2 Å². The van der Waals surface area contributed by atoms with E-state index in [1.807, 2.05) is 48.5 Å². The molecule has 0 atom stereocenters. The number of carbonyl (C=O) groups is 2. The molecule has 40 heavy (non-hydrogen) atoms. The molecule has 8 heteroatoms. The van der Waals surface area contributed by atoms with Gasteiger partial charge in [-0.15, -0.1) is 0 Å². The van der Waals surface area contributed by atoms with E-state index in [1.54, 1.807) is 12.4 Å². The quantitative estimate of drug-likeness (QED) is 0.102. The molecule has 0 saturated carbocycles. The maximum atomic E-state index is 12.0. The van der Waals surface area contributed by atoms with Crippen LogP contribution in [0.4, 0.5) is 0 Å². The fourth-order valence-corrected chi connectivity index (χ4v) is 3.72. The number of hydrazone groups is 2. The highest BCUT2D eigenvalue weighted by Gasteiger charge is 2.02. The highest BCUT2D eigenvalue weighted by molar-refractivity contribution is 5.83. The van der Waals surface area contributed by atoms with Crippen molar-refractivity contribution in [1.29, 1.82) is 0 Å². The van der Waals surface area contributed by atoms with Crippen molar-refractivity contribution in [3.63, 3.8) is 0 Å². The molecule has 2 aromatic carbocycles. The molecule has 0 aliphatic heterocycles. The lowest BCUT2D eigenvalue weighted by Gasteiger charge is -2.05. The van der Waals surface area contributed by atoms with Gasteiger partial charge in [-0.1, -0.05) is 52.4 Å². The van der Waals surface area contributed by atoms with E-state index in [2.05, 4.69) is 34.9 Å². The molecule has 2 aromatic rings. The molecule has 0 spiro atoms. The molecule has 0 aliphatic rings. The number of amides is 2. The van der Waals surface area contributed by atoms with Gasteiger partial charge in [0.2, 0.25) is 11.8 Å². The second-order valence-electron chi connectivity index (χ2n) is 9.75. The van der Waals surface area contributed by atoms with E-state index >= 15 is 0 Å². The number of ether oxygens (including phenoxy) is 2. The van der Waals surface area contributed by atoms with Crippen LogP contribution >= 0.6 is 0 Å². The first-order valence-corrected chi connectivity index (χ1v) is 14.7. The second kappa shape index (κ2) is 21.2. The van der Waals surface area contributed by atoms with E-state index in [1.165, 1.54) is 0 Å². The van der Waals surface area contributed by atoms with Crippen molar-refractivity contribution >= 4 is 24.2 Å². The summed E-state index contributed by atoms with van der Waals surface area (Å²) in [6.45, 7) is 5.71. The molecule has 218 valence electrons. The number of hydrogen-bond acceptors (Lipinski definition) is 6. The summed E-state index contributed by atoms with van der Waals surface area (Å²) < 4.78 is 11.3. The SMILES string of the molecule is CCCCOc1ccc(C=NNC(=O)CCCCCCCCC(=O)NN=Cc2ccc(OCCCC)cc2)cc1. The zero-order valence-corrected chi connectivity index (χ0v) is 24.2. The number of benzene rings is 2. The first-order chi connectivity index (χ1) is 19.6. The van der Waals surface area contributed by atoms with E-state index in [9.17, 15) is 9.59 Å². The molecule has 8 nitrogen and oxygen atoms in total. The minimum Gasteiger partial charge on any atom is -0.494 e. The fraction of sp³-hybridized carbons (Fsp3) is 0.500. The van der Waals surface area contributed by atoms with E-state index in [4.69, 9.17) is 9.47 Å². The molecule has 2 N–H and O–H groups in total. The van der Waals surface area contributed by atoms with Crippen molar-refractivity contribution in [2.45, 2.75) is 90.9 Å². The van der Waals surface area contributed by atoms with Gasteiger partial charge >= 0.3 is 0 Å². The molecule has 0 bridgehead atoms. The Morgan fingerprint density at radius 3 is 1.35 bits per heavy atom. The van der Waals surface area contributed by atoms with E-state index in [0.29, 0.717) is 12.8 Å². The molecule has 0 aromatic heterocycles. The zero-order chi connectivity index (χ0) is 28.7. The smallest absolute Gasteiger partial charge is 0.240 e. The summed E-state index contributed by atoms with van der Waals surface area (Å²) in [6, 6.07) is 15.3. The van der Waals surface area contributed by atoms with Crippen LogP contribution in [0.3, 0.4) is 0 Å². The van der Waals surface area contributed by atoms with Crippen LogP contribution in [-0.2, 0) is 9.59 Å². The van der Waals surface area contributed by atoms with Crippen molar-refractivity contribution in [2.75, 3.05) is 13.2 Å². The van der Waals surface area contributed by atoms with Crippen LogP contribution in [0, 0.1) is 0 Å². The standard InChI is InChI=1S/C32H46N4O4/c1-3-5-23-39-29-19-15-27(16-20-29)25-33-35-31(37)13-11-9-7-8-10-12-14-32(38)36-34-26-28-17-21-30(22-18-28)40-24-6-4-2/h15-22,25-26H,3-14,23-24H2,1-2H3,(H,35,37)(H,36,38). The van der Waals surface area contributed by atoms with Crippen molar-refractivity contribution in [2.24, 2.45) is 10.2 Å². The topological polar surface area (TPSA) is 101 Å². The molecule has 0 saturated heterocycles. The van der Waals surface area contributed by atoms with Crippen molar-refractivity contribution in [3.05, 3.63) is 59.7 Å². The third-order valence-corrected chi connectivity index (χ3v) is 6.16. The third kappa shape index (κ3) is 15.7. The third-order valence-electron chi connectivity index (χ3n) is 6.16. The molecule has 2 rings (SSSR count). The lowest BCUT2D eigenvalue weighted by molar-refractivity contribution is -0.122. The molecular weight excluding hydrogens is 504 g/mol. The minimum atomic E-state index is -0.0794. The molecule has 2 amide bonds. The molecular formula is C32H46N4O4. The van der Waals surface area contributed by atoms with Gasteiger partial charge in [-0.05, 0) is 85.3 Å².